The summed E-state index contributed by atoms with van der Waals surface area (Å²) in [5.41, 5.74) is 1.84. The van der Waals surface area contributed by atoms with Gasteiger partial charge in [-0.2, -0.15) is 4.31 Å². The van der Waals surface area contributed by atoms with Gasteiger partial charge >= 0.3 is 0 Å². The number of furan rings is 1. The quantitative estimate of drug-likeness (QED) is 0.769. The highest BCUT2D eigenvalue weighted by Gasteiger charge is 2.20. The summed E-state index contributed by atoms with van der Waals surface area (Å²) in [4.78, 5) is 15.2. The molecule has 0 unspecified atom stereocenters. The van der Waals surface area contributed by atoms with Crippen LogP contribution in [0.3, 0.4) is 0 Å². The third-order valence-corrected chi connectivity index (χ3v) is 5.09. The van der Waals surface area contributed by atoms with Crippen molar-refractivity contribution in [3.05, 3.63) is 69.9 Å². The van der Waals surface area contributed by atoms with Crippen LogP contribution in [0.25, 0.3) is 10.9 Å². The summed E-state index contributed by atoms with van der Waals surface area (Å²) >= 11 is 0. The van der Waals surface area contributed by atoms with E-state index in [9.17, 15) is 13.2 Å². The monoisotopic (exact) mass is 346 g/mol. The van der Waals surface area contributed by atoms with Crippen LogP contribution in [-0.2, 0) is 23.1 Å². The first-order valence-corrected chi connectivity index (χ1v) is 9.28. The lowest BCUT2D eigenvalue weighted by Crippen LogP contribution is -2.31. The van der Waals surface area contributed by atoms with Gasteiger partial charge in [0.1, 0.15) is 5.76 Å². The minimum absolute atomic E-state index is 0.0151. The van der Waals surface area contributed by atoms with Gasteiger partial charge in [0.05, 0.1) is 24.6 Å². The maximum absolute atomic E-state index is 12.3. The van der Waals surface area contributed by atoms with Crippen LogP contribution < -0.4 is 5.56 Å². The molecule has 1 N–H and O–H groups in total. The molecule has 0 spiro atoms. The molecule has 0 aliphatic carbocycles. The molecule has 6 nitrogen and oxygen atoms in total. The maximum Gasteiger partial charge on any atom is 0.252 e. The van der Waals surface area contributed by atoms with Crippen LogP contribution in [0.1, 0.15) is 16.9 Å². The normalized spacial score (nSPS) is 12.1. The topological polar surface area (TPSA) is 83.4 Å². The molecule has 24 heavy (non-hydrogen) atoms. The molecule has 0 bridgehead atoms. The average molecular weight is 346 g/mol. The molecule has 0 saturated carbocycles. The Morgan fingerprint density at radius 1 is 1.17 bits per heavy atom. The van der Waals surface area contributed by atoms with Crippen molar-refractivity contribution in [1.82, 2.24) is 9.29 Å². The zero-order valence-electron chi connectivity index (χ0n) is 13.4. The first-order valence-electron chi connectivity index (χ1n) is 7.43. The van der Waals surface area contributed by atoms with Crippen molar-refractivity contribution in [3.63, 3.8) is 0 Å². The lowest BCUT2D eigenvalue weighted by molar-refractivity contribution is 0.360. The van der Waals surface area contributed by atoms with Gasteiger partial charge in [0.25, 0.3) is 5.56 Å². The Kier molecular flexibility index (Phi) is 4.29. The van der Waals surface area contributed by atoms with E-state index < -0.39 is 10.0 Å². The second kappa shape index (κ2) is 6.26. The van der Waals surface area contributed by atoms with Gasteiger partial charge in [-0.05, 0) is 36.1 Å². The molecule has 0 saturated heterocycles. The molecule has 2 aromatic heterocycles. The third-order valence-electron chi connectivity index (χ3n) is 3.89. The summed E-state index contributed by atoms with van der Waals surface area (Å²) in [6.45, 7) is 1.98. The Bertz CT molecular complexity index is 1020. The van der Waals surface area contributed by atoms with Gasteiger partial charge < -0.3 is 9.40 Å². The van der Waals surface area contributed by atoms with E-state index in [0.29, 0.717) is 11.3 Å². The number of nitrogens with zero attached hydrogens (tertiary/aromatic N) is 1. The number of rotatable bonds is 5. The van der Waals surface area contributed by atoms with E-state index in [1.807, 2.05) is 25.1 Å². The molecule has 7 heteroatoms. The molecule has 0 aliphatic heterocycles. The smallest absolute Gasteiger partial charge is 0.252 e. The van der Waals surface area contributed by atoms with E-state index in [1.54, 1.807) is 18.2 Å². The van der Waals surface area contributed by atoms with Crippen LogP contribution in [0, 0.1) is 6.92 Å². The highest BCUT2D eigenvalue weighted by Crippen LogP contribution is 2.17. The lowest BCUT2D eigenvalue weighted by Gasteiger charge is -2.18. The molecule has 0 atom stereocenters. The number of sulfonamides is 1. The van der Waals surface area contributed by atoms with Gasteiger partial charge in [-0.25, -0.2) is 8.42 Å². The second-order valence-electron chi connectivity index (χ2n) is 5.77. The van der Waals surface area contributed by atoms with Gasteiger partial charge in [-0.3, -0.25) is 4.79 Å². The number of hydrogen-bond donors (Lipinski definition) is 1. The molecule has 2 heterocycles. The van der Waals surface area contributed by atoms with Gasteiger partial charge in [0.15, 0.2) is 0 Å². The summed E-state index contributed by atoms with van der Waals surface area (Å²) in [5.74, 6) is 0.522. The summed E-state index contributed by atoms with van der Waals surface area (Å²) in [5, 5.41) is 0.871. The third kappa shape index (κ3) is 3.42. The van der Waals surface area contributed by atoms with Crippen LogP contribution in [0.4, 0.5) is 0 Å². The maximum atomic E-state index is 12.3. The number of nitrogens with one attached hydrogen (secondary N) is 1. The predicted molar refractivity (Wildman–Crippen MR) is 92.1 cm³/mol. The molecule has 3 rings (SSSR count). The molecule has 3 aromatic rings. The summed E-state index contributed by atoms with van der Waals surface area (Å²) in [6.07, 6.45) is 2.61. The zero-order valence-corrected chi connectivity index (χ0v) is 14.3. The Morgan fingerprint density at radius 2 is 1.96 bits per heavy atom. The number of benzene rings is 1. The molecule has 126 valence electrons. The number of H-pyrrole nitrogens is 1. The van der Waals surface area contributed by atoms with Gasteiger partial charge in [-0.15, -0.1) is 0 Å². The first kappa shape index (κ1) is 16.5. The van der Waals surface area contributed by atoms with Crippen LogP contribution >= 0.6 is 0 Å². The van der Waals surface area contributed by atoms with E-state index >= 15 is 0 Å². The van der Waals surface area contributed by atoms with Gasteiger partial charge in [0.2, 0.25) is 10.0 Å². The van der Waals surface area contributed by atoms with Gasteiger partial charge in [0, 0.05) is 12.1 Å². The highest BCUT2D eigenvalue weighted by atomic mass is 32.2. The van der Waals surface area contributed by atoms with Crippen molar-refractivity contribution in [2.75, 3.05) is 6.26 Å². The van der Waals surface area contributed by atoms with E-state index in [0.717, 1.165) is 22.7 Å². The highest BCUT2D eigenvalue weighted by molar-refractivity contribution is 7.88. The molecule has 0 fully saturated rings. The molecule has 0 radical (unpaired) electrons. The standard InChI is InChI=1S/C17H18N2O4S/c1-12-5-3-6-13-9-14(17(20)18-16(12)13)10-19(24(2,21)22)11-15-7-4-8-23-15/h3-9H,10-11H2,1-2H3,(H,18,20). The van der Waals surface area contributed by atoms with Crippen molar-refractivity contribution >= 4 is 20.9 Å². The Morgan fingerprint density at radius 3 is 2.62 bits per heavy atom. The fourth-order valence-corrected chi connectivity index (χ4v) is 3.34. The van der Waals surface area contributed by atoms with Crippen molar-refractivity contribution in [2.45, 2.75) is 20.0 Å². The van der Waals surface area contributed by atoms with Gasteiger partial charge in [-0.1, -0.05) is 18.2 Å². The van der Waals surface area contributed by atoms with Crippen molar-refractivity contribution in [2.24, 2.45) is 0 Å². The van der Waals surface area contributed by atoms with Crippen molar-refractivity contribution in [1.29, 1.82) is 0 Å². The second-order valence-corrected chi connectivity index (χ2v) is 7.76. The number of aromatic amines is 1. The van der Waals surface area contributed by atoms with Crippen molar-refractivity contribution < 1.29 is 12.8 Å². The molecule has 0 amide bonds. The Labute approximate surface area is 139 Å². The number of para-hydroxylation sites is 1. The molecule has 1 aromatic carbocycles. The number of aromatic nitrogens is 1. The number of aryl methyl sites for hydroxylation is 1. The van der Waals surface area contributed by atoms with E-state index in [4.69, 9.17) is 4.42 Å². The van der Waals surface area contributed by atoms with E-state index in [1.165, 1.54) is 10.6 Å². The molecular formula is C17H18N2O4S. The number of pyridine rings is 1. The minimum Gasteiger partial charge on any atom is -0.468 e. The summed E-state index contributed by atoms with van der Waals surface area (Å²) in [7, 11) is -3.50. The summed E-state index contributed by atoms with van der Waals surface area (Å²) < 4.78 is 30.6. The minimum atomic E-state index is -3.50. The van der Waals surface area contributed by atoms with Crippen molar-refractivity contribution in [3.8, 4) is 0 Å². The zero-order chi connectivity index (χ0) is 17.3. The van der Waals surface area contributed by atoms with E-state index in [2.05, 4.69) is 4.98 Å². The Hall–Kier alpha value is -2.38. The average Bonchev–Trinajstić information content (AvgIpc) is 3.00. The largest absolute Gasteiger partial charge is 0.468 e. The number of hydrogen-bond acceptors (Lipinski definition) is 4. The lowest BCUT2D eigenvalue weighted by atomic mass is 10.1. The molecular weight excluding hydrogens is 328 g/mol. The van der Waals surface area contributed by atoms with Crippen LogP contribution in [0.2, 0.25) is 0 Å². The van der Waals surface area contributed by atoms with Crippen LogP contribution in [-0.4, -0.2) is 24.0 Å². The van der Waals surface area contributed by atoms with Crippen LogP contribution in [0.15, 0.2) is 51.9 Å². The fraction of sp³-hybridized carbons (Fsp3) is 0.235. The fourth-order valence-electron chi connectivity index (χ4n) is 2.60. The van der Waals surface area contributed by atoms with Crippen LogP contribution in [0.5, 0.6) is 0 Å². The van der Waals surface area contributed by atoms with E-state index in [-0.39, 0.29) is 18.6 Å². The SMILES string of the molecule is Cc1cccc2cc(CN(Cc3ccco3)S(C)(=O)=O)c(=O)[nH]c12. The predicted octanol–water partition coefficient (Wildman–Crippen LogP) is 2.39. The first-order chi connectivity index (χ1) is 11.3. The number of fused-ring (bicyclic) bond motifs is 1. The Balaban J connectivity index is 1.99. The summed E-state index contributed by atoms with van der Waals surface area (Å²) in [6, 6.07) is 10.8. The molecule has 0 aliphatic rings.